The van der Waals surface area contributed by atoms with Gasteiger partial charge in [-0.05, 0) is 40.5 Å². The van der Waals surface area contributed by atoms with Crippen molar-refractivity contribution in [1.82, 2.24) is 5.32 Å². The minimum absolute atomic E-state index is 0.376. The molecule has 1 rings (SSSR count). The monoisotopic (exact) mass is 307 g/mol. The van der Waals surface area contributed by atoms with Crippen molar-refractivity contribution in [2.24, 2.45) is 0 Å². The summed E-state index contributed by atoms with van der Waals surface area (Å²) in [4.78, 5) is 10.1. The van der Waals surface area contributed by atoms with Crippen molar-refractivity contribution in [1.29, 1.82) is 0 Å². The van der Waals surface area contributed by atoms with Crippen LogP contribution in [-0.4, -0.2) is 24.4 Å². The molecule has 0 heterocycles. The van der Waals surface area contributed by atoms with Crippen molar-refractivity contribution in [3.05, 3.63) is 27.7 Å². The number of amides is 1. The SMILES string of the molecule is O=C(O)NCCCOc1ccc(Cl)cc1Br. The number of rotatable bonds is 5. The summed E-state index contributed by atoms with van der Waals surface area (Å²) in [5.74, 6) is 0.694. The largest absolute Gasteiger partial charge is 0.492 e. The Morgan fingerprint density at radius 3 is 2.94 bits per heavy atom. The molecule has 0 aliphatic rings. The van der Waals surface area contributed by atoms with Gasteiger partial charge in [-0.2, -0.15) is 0 Å². The first-order valence-electron chi connectivity index (χ1n) is 4.64. The van der Waals surface area contributed by atoms with Gasteiger partial charge in [0, 0.05) is 11.6 Å². The van der Waals surface area contributed by atoms with E-state index in [1.165, 1.54) is 0 Å². The topological polar surface area (TPSA) is 58.6 Å². The lowest BCUT2D eigenvalue weighted by Gasteiger charge is -2.08. The second kappa shape index (κ2) is 6.60. The summed E-state index contributed by atoms with van der Waals surface area (Å²) < 4.78 is 6.22. The number of hydrogen-bond acceptors (Lipinski definition) is 2. The lowest BCUT2D eigenvalue weighted by atomic mass is 10.3. The Morgan fingerprint density at radius 1 is 1.56 bits per heavy atom. The molecule has 0 bridgehead atoms. The second-order valence-corrected chi connectivity index (χ2v) is 4.30. The van der Waals surface area contributed by atoms with E-state index in [-0.39, 0.29) is 0 Å². The van der Waals surface area contributed by atoms with Crippen LogP contribution in [0.15, 0.2) is 22.7 Å². The van der Waals surface area contributed by atoms with Crippen LogP contribution in [0, 0.1) is 0 Å². The molecule has 0 radical (unpaired) electrons. The van der Waals surface area contributed by atoms with Gasteiger partial charge in [-0.1, -0.05) is 11.6 Å². The van der Waals surface area contributed by atoms with E-state index < -0.39 is 6.09 Å². The van der Waals surface area contributed by atoms with Crippen LogP contribution >= 0.6 is 27.5 Å². The minimum Gasteiger partial charge on any atom is -0.492 e. The predicted octanol–water partition coefficient (Wildman–Crippen LogP) is 3.14. The third-order valence-corrected chi connectivity index (χ3v) is 2.60. The van der Waals surface area contributed by atoms with Crippen LogP contribution in [0.2, 0.25) is 5.02 Å². The van der Waals surface area contributed by atoms with E-state index in [0.29, 0.717) is 30.3 Å². The number of ether oxygens (including phenoxy) is 1. The zero-order valence-corrected chi connectivity index (χ0v) is 10.7. The predicted molar refractivity (Wildman–Crippen MR) is 65.3 cm³/mol. The molecule has 0 atom stereocenters. The fraction of sp³-hybridized carbons (Fsp3) is 0.300. The number of carbonyl (C=O) groups is 1. The zero-order valence-electron chi connectivity index (χ0n) is 8.37. The second-order valence-electron chi connectivity index (χ2n) is 3.01. The fourth-order valence-electron chi connectivity index (χ4n) is 1.04. The Labute approximate surface area is 107 Å². The fourth-order valence-corrected chi connectivity index (χ4v) is 1.84. The Balaban J connectivity index is 2.29. The van der Waals surface area contributed by atoms with Crippen LogP contribution in [0.5, 0.6) is 5.75 Å². The van der Waals surface area contributed by atoms with E-state index in [2.05, 4.69) is 21.2 Å². The summed E-state index contributed by atoms with van der Waals surface area (Å²) in [6.07, 6.45) is -0.408. The summed E-state index contributed by atoms with van der Waals surface area (Å²) in [6.45, 7) is 0.820. The molecular formula is C10H11BrClNO3. The average Bonchev–Trinajstić information content (AvgIpc) is 2.20. The molecule has 0 fully saturated rings. The maximum absolute atomic E-state index is 10.1. The van der Waals surface area contributed by atoms with E-state index >= 15 is 0 Å². The summed E-state index contributed by atoms with van der Waals surface area (Å²) >= 11 is 9.10. The summed E-state index contributed by atoms with van der Waals surface area (Å²) in [5, 5.41) is 11.2. The third-order valence-electron chi connectivity index (χ3n) is 1.75. The van der Waals surface area contributed by atoms with Gasteiger partial charge in [0.2, 0.25) is 0 Å². The van der Waals surface area contributed by atoms with Crippen LogP contribution in [0.1, 0.15) is 6.42 Å². The van der Waals surface area contributed by atoms with Crippen LogP contribution in [0.4, 0.5) is 4.79 Å². The van der Waals surface area contributed by atoms with Crippen molar-refractivity contribution in [3.63, 3.8) is 0 Å². The first-order valence-corrected chi connectivity index (χ1v) is 5.81. The van der Waals surface area contributed by atoms with Gasteiger partial charge in [-0.15, -0.1) is 0 Å². The highest BCUT2D eigenvalue weighted by molar-refractivity contribution is 9.10. The molecule has 1 aromatic carbocycles. The van der Waals surface area contributed by atoms with E-state index in [4.69, 9.17) is 21.4 Å². The lowest BCUT2D eigenvalue weighted by Crippen LogP contribution is -2.23. The van der Waals surface area contributed by atoms with Gasteiger partial charge in [0.15, 0.2) is 0 Å². The Bertz CT molecular complexity index is 373. The molecule has 16 heavy (non-hydrogen) atoms. The molecule has 6 heteroatoms. The van der Waals surface area contributed by atoms with Crippen molar-refractivity contribution in [3.8, 4) is 5.75 Å². The number of hydrogen-bond donors (Lipinski definition) is 2. The molecule has 2 N–H and O–H groups in total. The Morgan fingerprint density at radius 2 is 2.31 bits per heavy atom. The molecule has 0 aliphatic carbocycles. The highest BCUT2D eigenvalue weighted by Gasteiger charge is 2.01. The van der Waals surface area contributed by atoms with Gasteiger partial charge >= 0.3 is 6.09 Å². The normalized spacial score (nSPS) is 9.88. The molecule has 4 nitrogen and oxygen atoms in total. The summed E-state index contributed by atoms with van der Waals surface area (Å²) in [5.41, 5.74) is 0. The van der Waals surface area contributed by atoms with Crippen LogP contribution < -0.4 is 10.1 Å². The van der Waals surface area contributed by atoms with E-state index in [1.54, 1.807) is 18.2 Å². The highest BCUT2D eigenvalue weighted by Crippen LogP contribution is 2.27. The molecule has 0 saturated carbocycles. The molecule has 0 saturated heterocycles. The zero-order chi connectivity index (χ0) is 12.0. The molecule has 0 aliphatic heterocycles. The maximum atomic E-state index is 10.1. The molecule has 1 amide bonds. The summed E-state index contributed by atoms with van der Waals surface area (Å²) in [7, 11) is 0. The quantitative estimate of drug-likeness (QED) is 0.822. The molecule has 88 valence electrons. The first-order chi connectivity index (χ1) is 7.59. The first kappa shape index (κ1) is 13.1. The smallest absolute Gasteiger partial charge is 0.404 e. The number of halogens is 2. The van der Waals surface area contributed by atoms with Crippen LogP contribution in [0.25, 0.3) is 0 Å². The van der Waals surface area contributed by atoms with Gasteiger partial charge < -0.3 is 15.2 Å². The van der Waals surface area contributed by atoms with Crippen molar-refractivity contribution in [2.45, 2.75) is 6.42 Å². The van der Waals surface area contributed by atoms with Gasteiger partial charge in [-0.3, -0.25) is 0 Å². The molecule has 0 aromatic heterocycles. The van der Waals surface area contributed by atoms with E-state index in [9.17, 15) is 4.79 Å². The molecular weight excluding hydrogens is 297 g/mol. The van der Waals surface area contributed by atoms with Crippen LogP contribution in [0.3, 0.4) is 0 Å². The summed E-state index contributed by atoms with van der Waals surface area (Å²) in [6, 6.07) is 5.24. The van der Waals surface area contributed by atoms with E-state index in [0.717, 1.165) is 4.47 Å². The number of benzene rings is 1. The van der Waals surface area contributed by atoms with Gasteiger partial charge in [-0.25, -0.2) is 4.79 Å². The Kier molecular flexibility index (Phi) is 5.42. The molecule has 0 unspecified atom stereocenters. The van der Waals surface area contributed by atoms with E-state index in [1.807, 2.05) is 0 Å². The van der Waals surface area contributed by atoms with Gasteiger partial charge in [0.05, 0.1) is 11.1 Å². The third kappa shape index (κ3) is 4.72. The average molecular weight is 309 g/mol. The van der Waals surface area contributed by atoms with Crippen molar-refractivity contribution in [2.75, 3.05) is 13.2 Å². The van der Waals surface area contributed by atoms with Crippen molar-refractivity contribution < 1.29 is 14.6 Å². The Hall–Kier alpha value is -0.940. The number of nitrogens with one attached hydrogen (secondary N) is 1. The maximum Gasteiger partial charge on any atom is 0.404 e. The highest BCUT2D eigenvalue weighted by atomic mass is 79.9. The van der Waals surface area contributed by atoms with Crippen LogP contribution in [-0.2, 0) is 0 Å². The number of carboxylic acid groups (broad SMARTS) is 1. The molecule has 1 aromatic rings. The standard InChI is InChI=1S/C10H11BrClNO3/c11-8-6-7(12)2-3-9(8)16-5-1-4-13-10(14)15/h2-3,6,13H,1,4-5H2,(H,14,15). The van der Waals surface area contributed by atoms with Gasteiger partial charge in [0.1, 0.15) is 5.75 Å². The van der Waals surface area contributed by atoms with Gasteiger partial charge in [0.25, 0.3) is 0 Å². The minimum atomic E-state index is -1.02. The van der Waals surface area contributed by atoms with Crippen molar-refractivity contribution >= 4 is 33.6 Å². The molecule has 0 spiro atoms. The lowest BCUT2D eigenvalue weighted by molar-refractivity contribution is 0.193.